The fourth-order valence-electron chi connectivity index (χ4n) is 2.87. The van der Waals surface area contributed by atoms with Gasteiger partial charge in [0, 0.05) is 18.8 Å². The number of benzene rings is 1. The molecule has 0 unspecified atom stereocenters. The fourth-order valence-corrected chi connectivity index (χ4v) is 2.87. The number of esters is 1. The predicted octanol–water partition coefficient (Wildman–Crippen LogP) is 3.21. The number of hydrogen-bond acceptors (Lipinski definition) is 6. The normalized spacial score (nSPS) is 16.0. The molecule has 1 aliphatic heterocycles. The van der Waals surface area contributed by atoms with Crippen molar-refractivity contribution in [1.29, 1.82) is 0 Å². The zero-order valence-corrected chi connectivity index (χ0v) is 17.7. The second-order valence-corrected chi connectivity index (χ2v) is 8.04. The summed E-state index contributed by atoms with van der Waals surface area (Å²) in [6.45, 7) is 7.81. The van der Waals surface area contributed by atoms with E-state index in [9.17, 15) is 14.4 Å². The third-order valence-corrected chi connectivity index (χ3v) is 4.50. The zero-order chi connectivity index (χ0) is 21.6. The minimum atomic E-state index is -0.923. The molecule has 1 atom stereocenters. The van der Waals surface area contributed by atoms with Gasteiger partial charge in [-0.05, 0) is 64.8 Å². The molecule has 0 spiro atoms. The summed E-state index contributed by atoms with van der Waals surface area (Å²) in [5.74, 6) is -0.494. The summed E-state index contributed by atoms with van der Waals surface area (Å²) in [4.78, 5) is 38.4. The molecule has 0 saturated carbocycles. The van der Waals surface area contributed by atoms with E-state index in [1.54, 1.807) is 36.3 Å². The second kappa shape index (κ2) is 9.62. The highest BCUT2D eigenvalue weighted by atomic mass is 16.6. The maximum absolute atomic E-state index is 12.4. The van der Waals surface area contributed by atoms with Crippen LogP contribution in [0.2, 0.25) is 0 Å². The smallest absolute Gasteiger partial charge is 0.410 e. The second-order valence-electron chi connectivity index (χ2n) is 8.04. The molecule has 0 aliphatic carbocycles. The van der Waals surface area contributed by atoms with Crippen LogP contribution in [0.3, 0.4) is 0 Å². The Morgan fingerprint density at radius 2 is 1.69 bits per heavy atom. The summed E-state index contributed by atoms with van der Waals surface area (Å²) in [5, 5.41) is 2.70. The van der Waals surface area contributed by atoms with Gasteiger partial charge in [0.05, 0.1) is 13.0 Å². The Labute approximate surface area is 171 Å². The van der Waals surface area contributed by atoms with E-state index >= 15 is 0 Å². The molecule has 8 heteroatoms. The molecule has 2 amide bonds. The van der Waals surface area contributed by atoms with Gasteiger partial charge in [-0.25, -0.2) is 4.79 Å². The summed E-state index contributed by atoms with van der Waals surface area (Å²) >= 11 is 0. The van der Waals surface area contributed by atoms with Crippen LogP contribution in [0.4, 0.5) is 10.5 Å². The number of methoxy groups -OCH3 is 1. The van der Waals surface area contributed by atoms with E-state index in [0.29, 0.717) is 37.4 Å². The number of likely N-dealkylation sites (tertiary alicyclic amines) is 1. The Balaban J connectivity index is 1.79. The molecule has 8 nitrogen and oxygen atoms in total. The minimum Gasteiger partial charge on any atom is -0.497 e. The van der Waals surface area contributed by atoms with E-state index in [0.717, 1.165) is 0 Å². The fraction of sp³-hybridized carbons (Fsp3) is 0.571. The molecule has 0 bridgehead atoms. The van der Waals surface area contributed by atoms with Crippen molar-refractivity contribution in [2.75, 3.05) is 25.5 Å². The van der Waals surface area contributed by atoms with Gasteiger partial charge in [-0.2, -0.15) is 0 Å². The number of amides is 2. The van der Waals surface area contributed by atoms with Crippen molar-refractivity contribution < 1.29 is 28.6 Å². The topological polar surface area (TPSA) is 94.2 Å². The van der Waals surface area contributed by atoms with Crippen LogP contribution in [0.25, 0.3) is 0 Å². The highest BCUT2D eigenvalue weighted by Crippen LogP contribution is 2.22. The van der Waals surface area contributed by atoms with Crippen LogP contribution < -0.4 is 10.1 Å². The highest BCUT2D eigenvalue weighted by Gasteiger charge is 2.32. The van der Waals surface area contributed by atoms with Gasteiger partial charge in [-0.3, -0.25) is 9.59 Å². The van der Waals surface area contributed by atoms with E-state index in [4.69, 9.17) is 14.2 Å². The van der Waals surface area contributed by atoms with Crippen molar-refractivity contribution in [2.24, 2.45) is 5.92 Å². The number of carbonyl (C=O) groups excluding carboxylic acids is 3. The van der Waals surface area contributed by atoms with E-state index in [1.807, 2.05) is 20.8 Å². The first-order valence-electron chi connectivity index (χ1n) is 9.72. The zero-order valence-electron chi connectivity index (χ0n) is 17.7. The number of hydrogen-bond donors (Lipinski definition) is 1. The third-order valence-electron chi connectivity index (χ3n) is 4.50. The van der Waals surface area contributed by atoms with E-state index in [1.165, 1.54) is 6.92 Å². The van der Waals surface area contributed by atoms with Crippen molar-refractivity contribution in [1.82, 2.24) is 4.90 Å². The van der Waals surface area contributed by atoms with Crippen LogP contribution in [0.15, 0.2) is 24.3 Å². The maximum Gasteiger partial charge on any atom is 0.410 e. The molecule has 1 aromatic carbocycles. The first kappa shape index (κ1) is 22.5. The molecule has 1 aromatic rings. The summed E-state index contributed by atoms with van der Waals surface area (Å²) in [6.07, 6.45) is -0.347. The average Bonchev–Trinajstić information content (AvgIpc) is 2.67. The first-order valence-corrected chi connectivity index (χ1v) is 9.72. The third kappa shape index (κ3) is 6.96. The summed E-state index contributed by atoms with van der Waals surface area (Å²) in [6, 6.07) is 6.87. The largest absolute Gasteiger partial charge is 0.497 e. The van der Waals surface area contributed by atoms with Crippen molar-refractivity contribution in [3.63, 3.8) is 0 Å². The molecule has 1 heterocycles. The van der Waals surface area contributed by atoms with Crippen molar-refractivity contribution in [2.45, 2.75) is 52.2 Å². The molecule has 1 fully saturated rings. The lowest BCUT2D eigenvalue weighted by Gasteiger charge is -2.32. The Kier molecular flexibility index (Phi) is 7.47. The van der Waals surface area contributed by atoms with Gasteiger partial charge in [-0.1, -0.05) is 0 Å². The number of nitrogens with zero attached hydrogens (tertiary/aromatic N) is 1. The maximum atomic E-state index is 12.4. The van der Waals surface area contributed by atoms with Crippen LogP contribution in [0, 0.1) is 5.92 Å². The number of nitrogens with one attached hydrogen (secondary N) is 1. The summed E-state index contributed by atoms with van der Waals surface area (Å²) in [7, 11) is 1.56. The molecule has 1 saturated heterocycles. The Morgan fingerprint density at radius 1 is 1.10 bits per heavy atom. The quantitative estimate of drug-likeness (QED) is 0.755. The van der Waals surface area contributed by atoms with Gasteiger partial charge in [0.25, 0.3) is 5.91 Å². The predicted molar refractivity (Wildman–Crippen MR) is 108 cm³/mol. The van der Waals surface area contributed by atoms with Gasteiger partial charge < -0.3 is 24.4 Å². The van der Waals surface area contributed by atoms with Gasteiger partial charge in [0.1, 0.15) is 11.4 Å². The lowest BCUT2D eigenvalue weighted by Crippen LogP contribution is -2.43. The molecular weight excluding hydrogens is 376 g/mol. The molecule has 1 N–H and O–H groups in total. The van der Waals surface area contributed by atoms with E-state index in [-0.39, 0.29) is 12.0 Å². The molecule has 0 aromatic heterocycles. The Bertz CT molecular complexity index is 718. The molecular formula is C21H30N2O6. The Morgan fingerprint density at radius 3 is 2.21 bits per heavy atom. The number of ether oxygens (including phenoxy) is 3. The lowest BCUT2D eigenvalue weighted by atomic mass is 9.97. The number of rotatable bonds is 5. The number of piperidine rings is 1. The number of carbonyl (C=O) groups is 3. The summed E-state index contributed by atoms with van der Waals surface area (Å²) in [5.41, 5.74) is 0.0314. The van der Waals surface area contributed by atoms with Gasteiger partial charge in [-0.15, -0.1) is 0 Å². The van der Waals surface area contributed by atoms with E-state index in [2.05, 4.69) is 5.32 Å². The van der Waals surface area contributed by atoms with Gasteiger partial charge >= 0.3 is 12.1 Å². The van der Waals surface area contributed by atoms with Crippen LogP contribution in [0.5, 0.6) is 5.75 Å². The van der Waals surface area contributed by atoms with Crippen molar-refractivity contribution in [3.05, 3.63) is 24.3 Å². The van der Waals surface area contributed by atoms with Gasteiger partial charge in [0.15, 0.2) is 6.10 Å². The SMILES string of the molecule is COc1ccc(NC(=O)[C@@H](C)OC(=O)C2CCN(C(=O)OC(C)(C)C)CC2)cc1. The van der Waals surface area contributed by atoms with Gasteiger partial charge in [0.2, 0.25) is 0 Å². The van der Waals surface area contributed by atoms with Crippen LogP contribution in [-0.4, -0.2) is 54.8 Å². The molecule has 0 radical (unpaired) electrons. The average molecular weight is 406 g/mol. The highest BCUT2D eigenvalue weighted by molar-refractivity contribution is 5.95. The van der Waals surface area contributed by atoms with Crippen LogP contribution in [-0.2, 0) is 19.1 Å². The molecule has 29 heavy (non-hydrogen) atoms. The first-order chi connectivity index (χ1) is 13.6. The summed E-state index contributed by atoms with van der Waals surface area (Å²) < 4.78 is 15.8. The van der Waals surface area contributed by atoms with Crippen molar-refractivity contribution >= 4 is 23.7 Å². The van der Waals surface area contributed by atoms with Crippen LogP contribution in [0.1, 0.15) is 40.5 Å². The van der Waals surface area contributed by atoms with Crippen molar-refractivity contribution in [3.8, 4) is 5.75 Å². The molecule has 2 rings (SSSR count). The minimum absolute atomic E-state index is 0.343. The Hall–Kier alpha value is -2.77. The van der Waals surface area contributed by atoms with E-state index < -0.39 is 23.6 Å². The standard InChI is InChI=1S/C21H30N2O6/c1-14(18(24)22-16-6-8-17(27-5)9-7-16)28-19(25)15-10-12-23(13-11-15)20(26)29-21(2,3)4/h6-9,14-15H,10-13H2,1-5H3,(H,22,24)/t14-/m1/s1. The molecule has 1 aliphatic rings. The lowest BCUT2D eigenvalue weighted by molar-refractivity contribution is -0.158. The monoisotopic (exact) mass is 406 g/mol. The molecule has 160 valence electrons. The van der Waals surface area contributed by atoms with Crippen LogP contribution >= 0.6 is 0 Å². The number of anilines is 1.